The highest BCUT2D eigenvalue weighted by molar-refractivity contribution is 7.10. The number of carbonyl (C=O) groups is 1. The Hall–Kier alpha value is -1.85. The maximum absolute atomic E-state index is 12.2. The van der Waals surface area contributed by atoms with Crippen molar-refractivity contribution in [3.8, 4) is 5.75 Å². The van der Waals surface area contributed by atoms with Gasteiger partial charge in [-0.2, -0.15) is 0 Å². The van der Waals surface area contributed by atoms with Gasteiger partial charge in [0, 0.05) is 10.4 Å². The Labute approximate surface area is 122 Å². The fourth-order valence-electron chi connectivity index (χ4n) is 2.00. The summed E-state index contributed by atoms with van der Waals surface area (Å²) in [5.74, 6) is 0.566. The molecule has 1 aromatic heterocycles. The van der Waals surface area contributed by atoms with E-state index in [1.54, 1.807) is 7.11 Å². The maximum Gasteiger partial charge on any atom is 0.242 e. The van der Waals surface area contributed by atoms with Crippen molar-refractivity contribution in [3.05, 3.63) is 52.2 Å². The van der Waals surface area contributed by atoms with Gasteiger partial charge in [-0.3, -0.25) is 4.79 Å². The number of hydrogen-bond donors (Lipinski definition) is 2. The predicted molar refractivity (Wildman–Crippen MR) is 80.8 cm³/mol. The molecular weight excluding hydrogens is 272 g/mol. The summed E-state index contributed by atoms with van der Waals surface area (Å²) in [7, 11) is 1.62. The molecule has 1 heterocycles. The van der Waals surface area contributed by atoms with Crippen LogP contribution >= 0.6 is 11.3 Å². The molecular formula is C15H18N2O2S. The van der Waals surface area contributed by atoms with Crippen LogP contribution in [-0.2, 0) is 4.79 Å². The number of benzene rings is 1. The summed E-state index contributed by atoms with van der Waals surface area (Å²) in [6, 6.07) is 10.6. The van der Waals surface area contributed by atoms with E-state index in [-0.39, 0.29) is 11.9 Å². The van der Waals surface area contributed by atoms with Crippen molar-refractivity contribution in [1.82, 2.24) is 5.32 Å². The summed E-state index contributed by atoms with van der Waals surface area (Å²) in [6.45, 7) is 1.91. The Kier molecular flexibility index (Phi) is 4.76. The summed E-state index contributed by atoms with van der Waals surface area (Å²) in [5, 5.41) is 4.83. The second-order valence-electron chi connectivity index (χ2n) is 4.47. The van der Waals surface area contributed by atoms with E-state index < -0.39 is 6.04 Å². The van der Waals surface area contributed by atoms with Crippen LogP contribution in [0.5, 0.6) is 5.75 Å². The molecule has 0 aliphatic carbocycles. The predicted octanol–water partition coefficient (Wildman–Crippen LogP) is 2.63. The summed E-state index contributed by atoms with van der Waals surface area (Å²) in [6.07, 6.45) is 0. The van der Waals surface area contributed by atoms with E-state index >= 15 is 0 Å². The number of methoxy groups -OCH3 is 1. The molecule has 1 aromatic carbocycles. The molecule has 4 nitrogen and oxygen atoms in total. The number of amides is 1. The SMILES string of the molecule is COc1ccccc1C(C)NC(=O)C(N)c1cccs1. The molecule has 0 fully saturated rings. The van der Waals surface area contributed by atoms with E-state index in [4.69, 9.17) is 10.5 Å². The average molecular weight is 290 g/mol. The highest BCUT2D eigenvalue weighted by atomic mass is 32.1. The highest BCUT2D eigenvalue weighted by Crippen LogP contribution is 2.25. The first kappa shape index (κ1) is 14.6. The number of hydrogen-bond acceptors (Lipinski definition) is 4. The van der Waals surface area contributed by atoms with Gasteiger partial charge >= 0.3 is 0 Å². The minimum atomic E-state index is -0.632. The topological polar surface area (TPSA) is 64.3 Å². The molecule has 0 bridgehead atoms. The number of nitrogens with two attached hydrogens (primary N) is 1. The molecule has 0 saturated carbocycles. The smallest absolute Gasteiger partial charge is 0.242 e. The number of para-hydroxylation sites is 1. The van der Waals surface area contributed by atoms with Gasteiger partial charge < -0.3 is 15.8 Å². The van der Waals surface area contributed by atoms with Gasteiger partial charge in [0.25, 0.3) is 0 Å². The van der Waals surface area contributed by atoms with Gasteiger partial charge in [-0.25, -0.2) is 0 Å². The van der Waals surface area contributed by atoms with Crippen LogP contribution in [0.25, 0.3) is 0 Å². The first-order chi connectivity index (χ1) is 9.63. The van der Waals surface area contributed by atoms with Gasteiger partial charge in [0.2, 0.25) is 5.91 Å². The molecule has 106 valence electrons. The third-order valence-corrected chi connectivity index (χ3v) is 4.05. The minimum absolute atomic E-state index is 0.162. The van der Waals surface area contributed by atoms with Crippen molar-refractivity contribution in [3.63, 3.8) is 0 Å². The zero-order valence-corrected chi connectivity index (χ0v) is 12.3. The first-order valence-corrected chi connectivity index (χ1v) is 7.23. The lowest BCUT2D eigenvalue weighted by atomic mass is 10.1. The van der Waals surface area contributed by atoms with Crippen LogP contribution in [0, 0.1) is 0 Å². The Morgan fingerprint density at radius 3 is 2.70 bits per heavy atom. The van der Waals surface area contributed by atoms with Crippen LogP contribution in [0.2, 0.25) is 0 Å². The van der Waals surface area contributed by atoms with Crippen LogP contribution in [0.1, 0.15) is 29.4 Å². The number of nitrogens with one attached hydrogen (secondary N) is 1. The number of rotatable bonds is 5. The van der Waals surface area contributed by atoms with Gasteiger partial charge in [-0.05, 0) is 24.4 Å². The van der Waals surface area contributed by atoms with Crippen LogP contribution in [0.15, 0.2) is 41.8 Å². The van der Waals surface area contributed by atoms with Gasteiger partial charge in [0.1, 0.15) is 11.8 Å². The van der Waals surface area contributed by atoms with Crippen LogP contribution < -0.4 is 15.8 Å². The van der Waals surface area contributed by atoms with E-state index in [0.717, 1.165) is 16.2 Å². The van der Waals surface area contributed by atoms with Crippen molar-refractivity contribution in [2.24, 2.45) is 5.73 Å². The molecule has 0 aliphatic rings. The highest BCUT2D eigenvalue weighted by Gasteiger charge is 2.20. The molecule has 20 heavy (non-hydrogen) atoms. The molecule has 2 atom stereocenters. The Bertz CT molecular complexity index is 569. The van der Waals surface area contributed by atoms with Crippen molar-refractivity contribution < 1.29 is 9.53 Å². The van der Waals surface area contributed by atoms with E-state index in [1.165, 1.54) is 11.3 Å². The Morgan fingerprint density at radius 1 is 1.30 bits per heavy atom. The zero-order valence-electron chi connectivity index (χ0n) is 11.5. The molecule has 0 spiro atoms. The average Bonchev–Trinajstić information content (AvgIpc) is 3.00. The van der Waals surface area contributed by atoms with Gasteiger partial charge in [0.05, 0.1) is 13.2 Å². The molecule has 0 saturated heterocycles. The van der Waals surface area contributed by atoms with Crippen molar-refractivity contribution in [2.45, 2.75) is 19.0 Å². The van der Waals surface area contributed by atoms with Crippen LogP contribution in [-0.4, -0.2) is 13.0 Å². The Balaban J connectivity index is 2.07. The van der Waals surface area contributed by atoms with E-state index in [0.29, 0.717) is 0 Å². The fourth-order valence-corrected chi connectivity index (χ4v) is 2.73. The Morgan fingerprint density at radius 2 is 2.05 bits per heavy atom. The first-order valence-electron chi connectivity index (χ1n) is 6.35. The van der Waals surface area contributed by atoms with Crippen LogP contribution in [0.3, 0.4) is 0 Å². The second kappa shape index (κ2) is 6.54. The molecule has 2 rings (SSSR count). The summed E-state index contributed by atoms with van der Waals surface area (Å²) in [5.41, 5.74) is 6.88. The second-order valence-corrected chi connectivity index (χ2v) is 5.44. The van der Waals surface area contributed by atoms with Crippen LogP contribution in [0.4, 0.5) is 0 Å². The summed E-state index contributed by atoms with van der Waals surface area (Å²) in [4.78, 5) is 13.0. The standard InChI is InChI=1S/C15H18N2O2S/c1-10(11-6-3-4-7-12(11)19-2)17-15(18)14(16)13-8-5-9-20-13/h3-10,14H,16H2,1-2H3,(H,17,18). The van der Waals surface area contributed by atoms with Crippen molar-refractivity contribution in [1.29, 1.82) is 0 Å². The lowest BCUT2D eigenvalue weighted by Crippen LogP contribution is -2.35. The quantitative estimate of drug-likeness (QED) is 0.889. The lowest BCUT2D eigenvalue weighted by molar-refractivity contribution is -0.123. The minimum Gasteiger partial charge on any atom is -0.496 e. The van der Waals surface area contributed by atoms with Gasteiger partial charge in [-0.1, -0.05) is 24.3 Å². The molecule has 2 unspecified atom stereocenters. The lowest BCUT2D eigenvalue weighted by Gasteiger charge is -2.19. The van der Waals surface area contributed by atoms with Crippen molar-refractivity contribution >= 4 is 17.2 Å². The fraction of sp³-hybridized carbons (Fsp3) is 0.267. The largest absolute Gasteiger partial charge is 0.496 e. The third-order valence-electron chi connectivity index (χ3n) is 3.10. The monoisotopic (exact) mass is 290 g/mol. The van der Waals surface area contributed by atoms with Crippen molar-refractivity contribution in [2.75, 3.05) is 7.11 Å². The van der Waals surface area contributed by atoms with Gasteiger partial charge in [-0.15, -0.1) is 11.3 Å². The summed E-state index contributed by atoms with van der Waals surface area (Å²) < 4.78 is 5.30. The molecule has 3 N–H and O–H groups in total. The molecule has 1 amide bonds. The van der Waals surface area contributed by atoms with E-state index in [9.17, 15) is 4.79 Å². The van der Waals surface area contributed by atoms with E-state index in [1.807, 2.05) is 48.7 Å². The number of thiophene rings is 1. The molecule has 2 aromatic rings. The molecule has 5 heteroatoms. The normalized spacial score (nSPS) is 13.6. The summed E-state index contributed by atoms with van der Waals surface area (Å²) >= 11 is 1.48. The maximum atomic E-state index is 12.2. The molecule has 0 radical (unpaired) electrons. The zero-order chi connectivity index (χ0) is 14.5. The number of carbonyl (C=O) groups excluding carboxylic acids is 1. The van der Waals surface area contributed by atoms with E-state index in [2.05, 4.69) is 5.32 Å². The number of ether oxygens (including phenoxy) is 1. The molecule has 0 aliphatic heterocycles. The van der Waals surface area contributed by atoms with Gasteiger partial charge in [0.15, 0.2) is 0 Å². The third kappa shape index (κ3) is 3.18.